The topological polar surface area (TPSA) is 26.0 Å². The molecule has 1 atom stereocenters. The molecule has 1 aromatic rings. The van der Waals surface area contributed by atoms with Crippen LogP contribution in [0.2, 0.25) is 0 Å². The number of thioether (sulfide) groups is 1. The number of halogens is 1. The first-order valence-corrected chi connectivity index (χ1v) is 7.49. The standard InChI is InChI=1S/C13H20BrNS/c1-10(2)6-7-12(15)9-16-13-5-3-4-11(14)8-13/h3-5,8,10,12H,6-7,9,15H2,1-2H3. The molecule has 0 aromatic heterocycles. The Morgan fingerprint density at radius 2 is 2.06 bits per heavy atom. The Morgan fingerprint density at radius 1 is 1.31 bits per heavy atom. The van der Waals surface area contributed by atoms with Crippen LogP contribution < -0.4 is 5.73 Å². The first kappa shape index (κ1) is 14.1. The molecule has 2 N–H and O–H groups in total. The van der Waals surface area contributed by atoms with Crippen molar-refractivity contribution >= 4 is 27.7 Å². The molecular formula is C13H20BrNS. The molecule has 0 bridgehead atoms. The third-order valence-electron chi connectivity index (χ3n) is 2.37. The smallest absolute Gasteiger partial charge is 0.0186 e. The summed E-state index contributed by atoms with van der Waals surface area (Å²) in [4.78, 5) is 1.29. The Hall–Kier alpha value is 0.01000. The molecule has 0 aliphatic heterocycles. The molecule has 0 saturated heterocycles. The molecule has 0 saturated carbocycles. The summed E-state index contributed by atoms with van der Waals surface area (Å²) in [5, 5.41) is 0. The van der Waals surface area contributed by atoms with Gasteiger partial charge in [-0.25, -0.2) is 0 Å². The highest BCUT2D eigenvalue weighted by atomic mass is 79.9. The van der Waals surface area contributed by atoms with Crippen LogP contribution in [-0.2, 0) is 0 Å². The lowest BCUT2D eigenvalue weighted by atomic mass is 10.1. The van der Waals surface area contributed by atoms with Gasteiger partial charge in [0.05, 0.1) is 0 Å². The summed E-state index contributed by atoms with van der Waals surface area (Å²) in [6.45, 7) is 4.49. The van der Waals surface area contributed by atoms with Gasteiger partial charge in [0, 0.05) is 21.2 Å². The predicted octanol–water partition coefficient (Wildman–Crippen LogP) is 4.30. The van der Waals surface area contributed by atoms with Gasteiger partial charge in [-0.2, -0.15) is 0 Å². The van der Waals surface area contributed by atoms with Crippen LogP contribution in [-0.4, -0.2) is 11.8 Å². The molecule has 0 amide bonds. The van der Waals surface area contributed by atoms with Crippen LogP contribution in [0.1, 0.15) is 26.7 Å². The van der Waals surface area contributed by atoms with Crippen LogP contribution in [0.4, 0.5) is 0 Å². The van der Waals surface area contributed by atoms with Crippen molar-refractivity contribution < 1.29 is 0 Å². The molecule has 0 aliphatic rings. The van der Waals surface area contributed by atoms with Crippen LogP contribution in [0.25, 0.3) is 0 Å². The lowest BCUT2D eigenvalue weighted by Crippen LogP contribution is -2.23. The summed E-state index contributed by atoms with van der Waals surface area (Å²) in [5.74, 6) is 1.75. The summed E-state index contributed by atoms with van der Waals surface area (Å²) in [7, 11) is 0. The normalized spacial score (nSPS) is 13.1. The Morgan fingerprint density at radius 3 is 2.69 bits per heavy atom. The van der Waals surface area contributed by atoms with Gasteiger partial charge in [0.25, 0.3) is 0 Å². The molecule has 0 radical (unpaired) electrons. The van der Waals surface area contributed by atoms with Gasteiger partial charge in [-0.1, -0.05) is 35.8 Å². The molecule has 90 valence electrons. The molecule has 0 heterocycles. The van der Waals surface area contributed by atoms with Crippen LogP contribution in [0, 0.1) is 5.92 Å². The quantitative estimate of drug-likeness (QED) is 0.793. The maximum Gasteiger partial charge on any atom is 0.0186 e. The fraction of sp³-hybridized carbons (Fsp3) is 0.538. The van der Waals surface area contributed by atoms with E-state index >= 15 is 0 Å². The van der Waals surface area contributed by atoms with E-state index in [0.29, 0.717) is 6.04 Å². The van der Waals surface area contributed by atoms with Gasteiger partial charge in [0.1, 0.15) is 0 Å². The molecule has 16 heavy (non-hydrogen) atoms. The number of hydrogen-bond acceptors (Lipinski definition) is 2. The molecule has 0 spiro atoms. The van der Waals surface area contributed by atoms with E-state index in [1.54, 1.807) is 0 Å². The lowest BCUT2D eigenvalue weighted by molar-refractivity contribution is 0.517. The molecule has 0 fully saturated rings. The Labute approximate surface area is 111 Å². The molecule has 3 heteroatoms. The van der Waals surface area contributed by atoms with Crippen molar-refractivity contribution in [2.24, 2.45) is 11.7 Å². The van der Waals surface area contributed by atoms with Gasteiger partial charge >= 0.3 is 0 Å². The molecule has 1 rings (SSSR count). The summed E-state index contributed by atoms with van der Waals surface area (Å²) in [6, 6.07) is 8.69. The van der Waals surface area contributed by atoms with E-state index in [1.165, 1.54) is 11.3 Å². The van der Waals surface area contributed by atoms with Crippen molar-refractivity contribution in [2.45, 2.75) is 37.6 Å². The molecule has 1 unspecified atom stereocenters. The third kappa shape index (κ3) is 5.92. The number of hydrogen-bond donors (Lipinski definition) is 1. The largest absolute Gasteiger partial charge is 0.327 e. The maximum absolute atomic E-state index is 6.08. The van der Waals surface area contributed by atoms with E-state index < -0.39 is 0 Å². The van der Waals surface area contributed by atoms with E-state index in [0.717, 1.165) is 22.6 Å². The highest BCUT2D eigenvalue weighted by Crippen LogP contribution is 2.23. The fourth-order valence-corrected chi connectivity index (χ4v) is 2.90. The average Bonchev–Trinajstić information content (AvgIpc) is 2.23. The van der Waals surface area contributed by atoms with E-state index in [2.05, 4.69) is 48.0 Å². The summed E-state index contributed by atoms with van der Waals surface area (Å²) in [6.07, 6.45) is 2.35. The van der Waals surface area contributed by atoms with Gasteiger partial charge in [0.2, 0.25) is 0 Å². The second kappa shape index (κ2) is 7.36. The van der Waals surface area contributed by atoms with Crippen LogP contribution in [0.5, 0.6) is 0 Å². The van der Waals surface area contributed by atoms with Crippen molar-refractivity contribution in [1.29, 1.82) is 0 Å². The van der Waals surface area contributed by atoms with Gasteiger partial charge in [-0.3, -0.25) is 0 Å². The summed E-state index contributed by atoms with van der Waals surface area (Å²) >= 11 is 5.31. The van der Waals surface area contributed by atoms with Crippen LogP contribution in [0.3, 0.4) is 0 Å². The van der Waals surface area contributed by atoms with Crippen molar-refractivity contribution in [3.05, 3.63) is 28.7 Å². The zero-order valence-corrected chi connectivity index (χ0v) is 12.4. The van der Waals surface area contributed by atoms with Crippen molar-refractivity contribution in [1.82, 2.24) is 0 Å². The first-order chi connectivity index (χ1) is 7.58. The van der Waals surface area contributed by atoms with Gasteiger partial charge < -0.3 is 5.73 Å². The van der Waals surface area contributed by atoms with E-state index in [9.17, 15) is 0 Å². The van der Waals surface area contributed by atoms with Crippen molar-refractivity contribution in [3.63, 3.8) is 0 Å². The van der Waals surface area contributed by atoms with Gasteiger partial charge in [-0.15, -0.1) is 11.8 Å². The first-order valence-electron chi connectivity index (χ1n) is 5.72. The van der Waals surface area contributed by atoms with E-state index in [1.807, 2.05) is 17.8 Å². The number of nitrogens with two attached hydrogens (primary N) is 1. The van der Waals surface area contributed by atoms with Crippen LogP contribution >= 0.6 is 27.7 Å². The Kier molecular flexibility index (Phi) is 6.47. The van der Waals surface area contributed by atoms with E-state index in [-0.39, 0.29) is 0 Å². The minimum absolute atomic E-state index is 0.311. The molecule has 0 aliphatic carbocycles. The van der Waals surface area contributed by atoms with Gasteiger partial charge in [-0.05, 0) is 37.0 Å². The van der Waals surface area contributed by atoms with Gasteiger partial charge in [0.15, 0.2) is 0 Å². The zero-order chi connectivity index (χ0) is 12.0. The zero-order valence-electron chi connectivity index (χ0n) is 9.95. The van der Waals surface area contributed by atoms with Crippen LogP contribution in [0.15, 0.2) is 33.6 Å². The highest BCUT2D eigenvalue weighted by molar-refractivity contribution is 9.10. The predicted molar refractivity (Wildman–Crippen MR) is 76.9 cm³/mol. The van der Waals surface area contributed by atoms with Crippen molar-refractivity contribution in [2.75, 3.05) is 5.75 Å². The third-order valence-corrected chi connectivity index (χ3v) is 4.05. The SMILES string of the molecule is CC(C)CCC(N)CSc1cccc(Br)c1. The van der Waals surface area contributed by atoms with Crippen molar-refractivity contribution in [3.8, 4) is 0 Å². The summed E-state index contributed by atoms with van der Waals surface area (Å²) < 4.78 is 1.13. The lowest BCUT2D eigenvalue weighted by Gasteiger charge is -2.12. The minimum Gasteiger partial charge on any atom is -0.327 e. The fourth-order valence-electron chi connectivity index (χ4n) is 1.39. The summed E-state index contributed by atoms with van der Waals surface area (Å²) in [5.41, 5.74) is 6.08. The Balaban J connectivity index is 2.28. The minimum atomic E-state index is 0.311. The van der Waals surface area contributed by atoms with E-state index in [4.69, 9.17) is 5.73 Å². The Bertz CT molecular complexity index is 315. The average molecular weight is 302 g/mol. The second-order valence-electron chi connectivity index (χ2n) is 4.50. The highest BCUT2D eigenvalue weighted by Gasteiger charge is 2.05. The second-order valence-corrected chi connectivity index (χ2v) is 6.51. The monoisotopic (exact) mass is 301 g/mol. The number of rotatable bonds is 6. The molecule has 1 aromatic carbocycles. The maximum atomic E-state index is 6.08. The number of benzene rings is 1. The molecule has 1 nitrogen and oxygen atoms in total. The molecular weight excluding hydrogens is 282 g/mol.